The van der Waals surface area contributed by atoms with E-state index in [0.717, 1.165) is 19.4 Å². The summed E-state index contributed by atoms with van der Waals surface area (Å²) in [5.74, 6) is -0.00671. The molecule has 1 saturated heterocycles. The van der Waals surface area contributed by atoms with E-state index in [9.17, 15) is 9.59 Å². The first kappa shape index (κ1) is 31.2. The number of hydrogen-bond donors (Lipinski definition) is 2. The summed E-state index contributed by atoms with van der Waals surface area (Å²) in [6, 6.07) is 15.0. The second-order valence-corrected chi connectivity index (χ2v) is 11.2. The van der Waals surface area contributed by atoms with E-state index in [0.29, 0.717) is 65.4 Å². The highest BCUT2D eigenvalue weighted by molar-refractivity contribution is 5.91. The minimum atomic E-state index is -0.614. The zero-order chi connectivity index (χ0) is 30.0. The number of ether oxygens (including phenoxy) is 4. The largest absolute Gasteiger partial charge is 0.459 e. The number of likely N-dealkylation sites (tertiary alicyclic amines) is 1. The van der Waals surface area contributed by atoms with E-state index in [1.54, 1.807) is 0 Å². The summed E-state index contributed by atoms with van der Waals surface area (Å²) in [6.07, 6.45) is 5.07. The molecule has 0 saturated carbocycles. The second-order valence-electron chi connectivity index (χ2n) is 11.2. The van der Waals surface area contributed by atoms with Crippen LogP contribution in [0.25, 0.3) is 11.1 Å². The third-order valence-electron chi connectivity index (χ3n) is 8.45. The molecule has 3 atom stereocenters. The minimum absolute atomic E-state index is 0.0112. The number of amides is 2. The molecule has 2 aliphatic heterocycles. The van der Waals surface area contributed by atoms with E-state index in [1.165, 1.54) is 27.8 Å². The summed E-state index contributed by atoms with van der Waals surface area (Å²) in [7, 11) is 0. The van der Waals surface area contributed by atoms with E-state index >= 15 is 0 Å². The Kier molecular flexibility index (Phi) is 11.2. The number of aliphatic hydroxyl groups excluding tert-OH is 1. The van der Waals surface area contributed by atoms with Gasteiger partial charge in [-0.05, 0) is 66.5 Å². The van der Waals surface area contributed by atoms with Crippen molar-refractivity contribution in [2.24, 2.45) is 5.92 Å². The maximum Gasteiger partial charge on any atom is 0.286 e. The molecule has 0 radical (unpaired) electrons. The summed E-state index contributed by atoms with van der Waals surface area (Å²) in [5.41, 5.74) is 6.25. The molecule has 1 fully saturated rings. The number of nitrogens with one attached hydrogen (secondary N) is 1. The fourth-order valence-electron chi connectivity index (χ4n) is 6.39. The van der Waals surface area contributed by atoms with Crippen LogP contribution in [0.3, 0.4) is 0 Å². The van der Waals surface area contributed by atoms with Gasteiger partial charge in [-0.1, -0.05) is 42.5 Å². The Morgan fingerprint density at radius 2 is 1.88 bits per heavy atom. The lowest BCUT2D eigenvalue weighted by Gasteiger charge is -2.37. The molecule has 2 heterocycles. The molecule has 0 aromatic heterocycles. The van der Waals surface area contributed by atoms with Crippen molar-refractivity contribution in [2.75, 3.05) is 59.3 Å². The number of carbonyl (C=O) groups is 2. The first-order valence-corrected chi connectivity index (χ1v) is 15.6. The van der Waals surface area contributed by atoms with Gasteiger partial charge in [0.1, 0.15) is 0 Å². The van der Waals surface area contributed by atoms with E-state index in [-0.39, 0.29) is 36.0 Å². The van der Waals surface area contributed by atoms with Gasteiger partial charge in [0.15, 0.2) is 5.76 Å². The molecule has 232 valence electrons. The minimum Gasteiger partial charge on any atom is -0.459 e. The number of hydrogen-bond acceptors (Lipinski definition) is 7. The average molecular weight is 593 g/mol. The Balaban J connectivity index is 1.35. The molecule has 9 nitrogen and oxygen atoms in total. The topological polar surface area (TPSA) is 107 Å². The highest BCUT2D eigenvalue weighted by Gasteiger charge is 2.39. The van der Waals surface area contributed by atoms with Gasteiger partial charge < -0.3 is 34.3 Å². The molecular weight excluding hydrogens is 548 g/mol. The summed E-state index contributed by atoms with van der Waals surface area (Å²) < 4.78 is 23.6. The van der Waals surface area contributed by atoms with Gasteiger partial charge >= 0.3 is 0 Å². The first-order valence-electron chi connectivity index (χ1n) is 15.6. The predicted octanol–water partition coefficient (Wildman–Crippen LogP) is 3.78. The van der Waals surface area contributed by atoms with Crippen molar-refractivity contribution in [1.29, 1.82) is 0 Å². The normalized spacial score (nSPS) is 20.9. The highest BCUT2D eigenvalue weighted by atomic mass is 16.7. The molecule has 3 aliphatic rings. The lowest BCUT2D eigenvalue weighted by molar-refractivity contribution is -0.168. The van der Waals surface area contributed by atoms with Crippen LogP contribution < -0.4 is 5.32 Å². The molecule has 5 rings (SSSR count). The van der Waals surface area contributed by atoms with E-state index in [4.69, 9.17) is 24.1 Å². The Hall–Kier alpha value is -3.24. The smallest absolute Gasteiger partial charge is 0.286 e. The predicted molar refractivity (Wildman–Crippen MR) is 162 cm³/mol. The number of nitrogens with zero attached hydrogens (tertiary/aromatic N) is 1. The third kappa shape index (κ3) is 7.65. The maximum atomic E-state index is 13.4. The number of aliphatic hydroxyl groups is 1. The van der Waals surface area contributed by atoms with Crippen molar-refractivity contribution < 1.29 is 33.6 Å². The molecular formula is C34H44N2O7. The molecule has 2 amide bonds. The lowest BCUT2D eigenvalue weighted by atomic mass is 9.78. The van der Waals surface area contributed by atoms with Gasteiger partial charge in [0.05, 0.1) is 26.4 Å². The Morgan fingerprint density at radius 1 is 1.07 bits per heavy atom. The molecule has 2 N–H and O–H groups in total. The van der Waals surface area contributed by atoms with Crippen molar-refractivity contribution >= 4 is 11.8 Å². The van der Waals surface area contributed by atoms with Crippen molar-refractivity contribution in [3.63, 3.8) is 0 Å². The number of rotatable bonds is 16. The molecule has 2 aromatic rings. The molecule has 9 heteroatoms. The quantitative estimate of drug-likeness (QED) is 0.244. The summed E-state index contributed by atoms with van der Waals surface area (Å²) >= 11 is 0. The van der Waals surface area contributed by atoms with Gasteiger partial charge in [-0.3, -0.25) is 9.59 Å². The Morgan fingerprint density at radius 3 is 2.67 bits per heavy atom. The lowest BCUT2D eigenvalue weighted by Crippen LogP contribution is -2.40. The van der Waals surface area contributed by atoms with Crippen molar-refractivity contribution in [1.82, 2.24) is 10.2 Å². The standard InChI is InChI=1S/C34H44N2O7/c1-2-42-34-28(13-18-40-20-21-41-19-17-37)30(27-11-5-10-26-25-9-4-3-8-24(25)22-29(26)27)23-31(43-34)33(39)35-14-7-16-36-15-6-12-32(36)38/h3-5,8-11,23,28,30,34,37H,2,6-7,12-22H2,1H3,(H,35,39). The number of fused-ring (bicyclic) bond motifs is 3. The molecule has 2 aromatic carbocycles. The Bertz CT molecular complexity index is 1280. The van der Waals surface area contributed by atoms with Crippen molar-refractivity contribution in [3.8, 4) is 11.1 Å². The number of carbonyl (C=O) groups excluding carboxylic acids is 2. The maximum absolute atomic E-state index is 13.4. The zero-order valence-corrected chi connectivity index (χ0v) is 25.1. The average Bonchev–Trinajstić information content (AvgIpc) is 3.62. The molecule has 0 spiro atoms. The van der Waals surface area contributed by atoms with Gasteiger partial charge in [-0.25, -0.2) is 0 Å². The van der Waals surface area contributed by atoms with Gasteiger partial charge in [-0.15, -0.1) is 0 Å². The fourth-order valence-corrected chi connectivity index (χ4v) is 6.39. The summed E-state index contributed by atoms with van der Waals surface area (Å²) in [6.45, 7) is 5.89. The fraction of sp³-hybridized carbons (Fsp3) is 0.529. The van der Waals surface area contributed by atoms with Gasteiger partial charge in [-0.2, -0.15) is 0 Å². The highest BCUT2D eigenvalue weighted by Crippen LogP contribution is 2.45. The van der Waals surface area contributed by atoms with Crippen molar-refractivity contribution in [2.45, 2.75) is 51.2 Å². The van der Waals surface area contributed by atoms with Gasteiger partial charge in [0.25, 0.3) is 5.91 Å². The van der Waals surface area contributed by atoms with Crippen LogP contribution in [0.4, 0.5) is 0 Å². The number of benzene rings is 2. The van der Waals surface area contributed by atoms with Crippen LogP contribution >= 0.6 is 0 Å². The van der Waals surface area contributed by atoms with Crippen LogP contribution in [0.2, 0.25) is 0 Å². The third-order valence-corrected chi connectivity index (χ3v) is 8.45. The number of allylic oxidation sites excluding steroid dienone is 1. The van der Waals surface area contributed by atoms with Crippen molar-refractivity contribution in [3.05, 3.63) is 71.0 Å². The zero-order valence-electron chi connectivity index (χ0n) is 25.1. The monoisotopic (exact) mass is 592 g/mol. The summed E-state index contributed by atoms with van der Waals surface area (Å²) in [4.78, 5) is 27.2. The molecule has 43 heavy (non-hydrogen) atoms. The Labute approximate surface area is 254 Å². The van der Waals surface area contributed by atoms with Gasteiger partial charge in [0, 0.05) is 51.1 Å². The van der Waals surface area contributed by atoms with Gasteiger partial charge in [0.2, 0.25) is 12.2 Å². The second kappa shape index (κ2) is 15.5. The van der Waals surface area contributed by atoms with Crippen LogP contribution in [0.5, 0.6) is 0 Å². The molecule has 1 aliphatic carbocycles. The molecule has 0 bridgehead atoms. The van der Waals surface area contributed by atoms with E-state index in [2.05, 4.69) is 47.8 Å². The van der Waals surface area contributed by atoms with E-state index < -0.39 is 6.29 Å². The van der Waals surface area contributed by atoms with E-state index in [1.807, 2.05) is 17.9 Å². The summed E-state index contributed by atoms with van der Waals surface area (Å²) in [5, 5.41) is 11.9. The van der Waals surface area contributed by atoms with Crippen LogP contribution in [0.1, 0.15) is 55.2 Å². The van der Waals surface area contributed by atoms with Crippen LogP contribution in [-0.4, -0.2) is 87.4 Å². The SMILES string of the molecule is CCOC1OC(C(=O)NCCCN2CCCC2=O)=CC(c2cccc3c2Cc2ccccc2-3)C1CCOCCOCCO. The molecule has 3 unspecified atom stereocenters. The first-order chi connectivity index (χ1) is 21.1. The van der Waals surface area contributed by atoms with Crippen LogP contribution in [-0.2, 0) is 35.0 Å². The van der Waals surface area contributed by atoms with Crippen LogP contribution in [0, 0.1) is 5.92 Å². The van der Waals surface area contributed by atoms with Crippen LogP contribution in [0.15, 0.2) is 54.3 Å².